The van der Waals surface area contributed by atoms with Crippen LogP contribution in [0.25, 0.3) is 22.2 Å². The molecule has 0 N–H and O–H groups in total. The number of anilines is 1. The number of nitrogens with zero attached hydrogens (tertiary/aromatic N) is 6. The first kappa shape index (κ1) is 22.4. The summed E-state index contributed by atoms with van der Waals surface area (Å²) in [6.45, 7) is -0.0221. The molecule has 1 aromatic carbocycles. The third-order valence-corrected chi connectivity index (χ3v) is 6.39. The lowest BCUT2D eigenvalue weighted by atomic mass is 9.88. The molecule has 5 rings (SSSR count). The number of hydrogen-bond donors (Lipinski definition) is 0. The van der Waals surface area contributed by atoms with E-state index in [1.54, 1.807) is 25.2 Å². The summed E-state index contributed by atoms with van der Waals surface area (Å²) < 4.78 is 47.3. The molecule has 1 atom stereocenters. The van der Waals surface area contributed by atoms with Crippen molar-refractivity contribution < 1.29 is 13.2 Å². The van der Waals surface area contributed by atoms with Crippen molar-refractivity contribution in [3.8, 4) is 11.3 Å². The highest BCUT2D eigenvalue weighted by Gasteiger charge is 2.45. The maximum Gasteiger partial charge on any atom is 0.261 e. The van der Waals surface area contributed by atoms with Crippen LogP contribution in [0, 0.1) is 5.82 Å². The molecule has 1 aliphatic heterocycles. The summed E-state index contributed by atoms with van der Waals surface area (Å²) >= 11 is 5.91. The first-order chi connectivity index (χ1) is 16.1. The van der Waals surface area contributed by atoms with E-state index in [2.05, 4.69) is 15.1 Å². The van der Waals surface area contributed by atoms with Crippen molar-refractivity contribution >= 4 is 28.3 Å². The fourth-order valence-electron chi connectivity index (χ4n) is 4.32. The number of pyridine rings is 1. The van der Waals surface area contributed by atoms with Gasteiger partial charge < -0.3 is 9.47 Å². The van der Waals surface area contributed by atoms with Gasteiger partial charge in [0.05, 0.1) is 23.8 Å². The normalized spacial score (nSPS) is 17.9. The Morgan fingerprint density at radius 3 is 2.71 bits per heavy atom. The molecule has 0 unspecified atom stereocenters. The van der Waals surface area contributed by atoms with Crippen LogP contribution >= 0.6 is 11.6 Å². The van der Waals surface area contributed by atoms with E-state index in [0.717, 1.165) is 6.07 Å². The number of benzene rings is 1. The molecule has 0 bridgehead atoms. The van der Waals surface area contributed by atoms with Crippen LogP contribution < -0.4 is 10.5 Å². The van der Waals surface area contributed by atoms with Gasteiger partial charge in [-0.25, -0.2) is 23.1 Å². The zero-order valence-corrected chi connectivity index (χ0v) is 19.1. The van der Waals surface area contributed by atoms with Crippen LogP contribution in [0.1, 0.15) is 17.9 Å². The Hall–Kier alpha value is -3.40. The Bertz CT molecular complexity index is 1470. The molecule has 4 heterocycles. The molecule has 4 aromatic rings. The molecule has 176 valence electrons. The zero-order chi connectivity index (χ0) is 24.2. The zero-order valence-electron chi connectivity index (χ0n) is 18.3. The second-order valence-corrected chi connectivity index (χ2v) is 8.90. The summed E-state index contributed by atoms with van der Waals surface area (Å²) in [5, 5.41) is 4.46. The highest BCUT2D eigenvalue weighted by Crippen LogP contribution is 2.42. The fraction of sp³-hybridized carbons (Fsp3) is 0.304. The second-order valence-electron chi connectivity index (χ2n) is 8.47. The molecule has 0 saturated carbocycles. The van der Waals surface area contributed by atoms with Gasteiger partial charge in [0.25, 0.3) is 11.5 Å². The number of aryl methyl sites for hydroxylation is 2. The maximum atomic E-state index is 14.8. The minimum Gasteiger partial charge on any atom is -0.356 e. The Balaban J connectivity index is 1.66. The Kier molecular flexibility index (Phi) is 5.35. The van der Waals surface area contributed by atoms with Gasteiger partial charge in [0.1, 0.15) is 22.8 Å². The lowest BCUT2D eigenvalue weighted by Crippen LogP contribution is -2.46. The predicted octanol–water partition coefficient (Wildman–Crippen LogP) is 4.15. The first-order valence-corrected chi connectivity index (χ1v) is 10.9. The van der Waals surface area contributed by atoms with E-state index in [1.807, 2.05) is 0 Å². The Labute approximate surface area is 197 Å². The van der Waals surface area contributed by atoms with E-state index in [4.69, 9.17) is 11.6 Å². The number of rotatable bonds is 3. The number of piperidine rings is 1. The van der Waals surface area contributed by atoms with Crippen molar-refractivity contribution in [2.75, 3.05) is 18.0 Å². The van der Waals surface area contributed by atoms with E-state index in [9.17, 15) is 18.0 Å². The van der Waals surface area contributed by atoms with Crippen LogP contribution in [0.3, 0.4) is 0 Å². The molecule has 0 radical (unpaired) electrons. The summed E-state index contributed by atoms with van der Waals surface area (Å²) in [7, 11) is 3.22. The standard InChI is InChI=1S/C23H20ClF3N6O/c1-31-12-28-20-16(22(31)34)8-19(30-21(20)15-4-3-14(24)7-18(15)25)33-6-5-23(26,27)17(11-33)13-9-29-32(2)10-13/h3-4,7-10,12,17H,5-6,11H2,1-2H3/t17-/m0/s1. The molecule has 7 nitrogen and oxygen atoms in total. The molecule has 1 fully saturated rings. The van der Waals surface area contributed by atoms with Crippen LogP contribution in [0.15, 0.2) is 47.8 Å². The van der Waals surface area contributed by atoms with Crippen LogP contribution in [-0.4, -0.2) is 43.3 Å². The molecule has 1 aliphatic rings. The Morgan fingerprint density at radius 2 is 2.00 bits per heavy atom. The van der Waals surface area contributed by atoms with Crippen molar-refractivity contribution in [1.29, 1.82) is 0 Å². The van der Waals surface area contributed by atoms with Gasteiger partial charge in [-0.1, -0.05) is 11.6 Å². The molecule has 0 amide bonds. The minimum absolute atomic E-state index is 0.0192. The van der Waals surface area contributed by atoms with Crippen LogP contribution in [0.2, 0.25) is 5.02 Å². The van der Waals surface area contributed by atoms with E-state index < -0.39 is 24.1 Å². The maximum absolute atomic E-state index is 14.8. The van der Waals surface area contributed by atoms with Crippen molar-refractivity contribution in [2.45, 2.75) is 18.3 Å². The monoisotopic (exact) mass is 488 g/mol. The van der Waals surface area contributed by atoms with E-state index in [1.165, 1.54) is 40.0 Å². The predicted molar refractivity (Wildman–Crippen MR) is 123 cm³/mol. The quantitative estimate of drug-likeness (QED) is 0.433. The summed E-state index contributed by atoms with van der Waals surface area (Å²) in [4.78, 5) is 23.5. The third kappa shape index (κ3) is 3.81. The molecule has 1 saturated heterocycles. The van der Waals surface area contributed by atoms with E-state index in [-0.39, 0.29) is 45.8 Å². The molecular formula is C23H20ClF3N6O. The summed E-state index contributed by atoms with van der Waals surface area (Å²) in [6.07, 6.45) is 3.94. The van der Waals surface area contributed by atoms with Gasteiger partial charge in [-0.3, -0.25) is 9.48 Å². The topological polar surface area (TPSA) is 68.8 Å². The smallest absolute Gasteiger partial charge is 0.261 e. The Morgan fingerprint density at radius 1 is 1.21 bits per heavy atom. The number of halogens is 4. The van der Waals surface area contributed by atoms with Gasteiger partial charge in [0.2, 0.25) is 0 Å². The average molecular weight is 489 g/mol. The molecule has 34 heavy (non-hydrogen) atoms. The van der Waals surface area contributed by atoms with Crippen LogP contribution in [0.5, 0.6) is 0 Å². The van der Waals surface area contributed by atoms with Gasteiger partial charge in [-0.15, -0.1) is 0 Å². The number of alkyl halides is 2. The van der Waals surface area contributed by atoms with Crippen LogP contribution in [0.4, 0.5) is 19.0 Å². The van der Waals surface area contributed by atoms with Gasteiger partial charge in [-0.05, 0) is 24.3 Å². The summed E-state index contributed by atoms with van der Waals surface area (Å²) in [6, 6.07) is 5.66. The molecule has 11 heteroatoms. The van der Waals surface area contributed by atoms with Gasteiger partial charge >= 0.3 is 0 Å². The van der Waals surface area contributed by atoms with Gasteiger partial charge in [-0.2, -0.15) is 5.10 Å². The lowest BCUT2D eigenvalue weighted by Gasteiger charge is -2.38. The van der Waals surface area contributed by atoms with Crippen molar-refractivity contribution in [3.63, 3.8) is 0 Å². The highest BCUT2D eigenvalue weighted by atomic mass is 35.5. The van der Waals surface area contributed by atoms with Crippen molar-refractivity contribution in [1.82, 2.24) is 24.3 Å². The molecular weight excluding hydrogens is 469 g/mol. The van der Waals surface area contributed by atoms with E-state index in [0.29, 0.717) is 11.4 Å². The first-order valence-electron chi connectivity index (χ1n) is 10.6. The highest BCUT2D eigenvalue weighted by molar-refractivity contribution is 6.30. The van der Waals surface area contributed by atoms with E-state index >= 15 is 0 Å². The molecule has 0 spiro atoms. The molecule has 3 aromatic heterocycles. The minimum atomic E-state index is -2.93. The molecule has 0 aliphatic carbocycles. The SMILES string of the molecule is Cn1cc([C@@H]2CN(c3cc4c(=O)n(C)cnc4c(-c4ccc(Cl)cc4F)n3)CCC2(F)F)cn1. The number of hydrogen-bond acceptors (Lipinski definition) is 5. The van der Waals surface area contributed by atoms with Crippen molar-refractivity contribution in [2.24, 2.45) is 14.1 Å². The second kappa shape index (κ2) is 8.12. The lowest BCUT2D eigenvalue weighted by molar-refractivity contribution is -0.0424. The number of aromatic nitrogens is 5. The van der Waals surface area contributed by atoms with Gasteiger partial charge in [0, 0.05) is 56.0 Å². The fourth-order valence-corrected chi connectivity index (χ4v) is 4.48. The van der Waals surface area contributed by atoms with Gasteiger partial charge in [0.15, 0.2) is 0 Å². The number of fused-ring (bicyclic) bond motifs is 1. The van der Waals surface area contributed by atoms with Crippen LogP contribution in [-0.2, 0) is 14.1 Å². The third-order valence-electron chi connectivity index (χ3n) is 6.16. The van der Waals surface area contributed by atoms with Crippen molar-refractivity contribution in [3.05, 3.63) is 69.7 Å². The summed E-state index contributed by atoms with van der Waals surface area (Å²) in [5.74, 6) is -4.37. The average Bonchev–Trinajstić information content (AvgIpc) is 3.21. The summed E-state index contributed by atoms with van der Waals surface area (Å²) in [5.41, 5.74) is 0.548. The largest absolute Gasteiger partial charge is 0.356 e.